The van der Waals surface area contributed by atoms with Gasteiger partial charge in [-0.3, -0.25) is 0 Å². The van der Waals surface area contributed by atoms with Crippen LogP contribution in [-0.4, -0.2) is 19.3 Å². The Morgan fingerprint density at radius 1 is 1.15 bits per heavy atom. The number of halogens is 1. The van der Waals surface area contributed by atoms with Crippen molar-refractivity contribution in [1.29, 1.82) is 0 Å². The van der Waals surface area contributed by atoms with Crippen molar-refractivity contribution in [2.45, 2.75) is 6.54 Å². The number of para-hydroxylation sites is 1. The summed E-state index contributed by atoms with van der Waals surface area (Å²) in [7, 11) is 3.00. The molecule has 0 spiro atoms. The second-order valence-corrected chi connectivity index (χ2v) is 4.17. The molecule has 5 heteroatoms. The number of benzene rings is 2. The maximum Gasteiger partial charge on any atom is 0.162 e. The summed E-state index contributed by atoms with van der Waals surface area (Å²) >= 11 is 0. The Morgan fingerprint density at radius 3 is 2.65 bits per heavy atom. The number of methoxy groups -OCH3 is 2. The highest BCUT2D eigenvalue weighted by atomic mass is 19.1. The lowest BCUT2D eigenvalue weighted by molar-refractivity contribution is 0.371. The van der Waals surface area contributed by atoms with E-state index in [-0.39, 0.29) is 18.1 Å². The third-order valence-corrected chi connectivity index (χ3v) is 2.95. The molecule has 0 amide bonds. The fourth-order valence-corrected chi connectivity index (χ4v) is 1.83. The van der Waals surface area contributed by atoms with Crippen LogP contribution in [0.1, 0.15) is 5.56 Å². The van der Waals surface area contributed by atoms with Crippen LogP contribution in [0.15, 0.2) is 36.4 Å². The van der Waals surface area contributed by atoms with Crippen LogP contribution in [0.3, 0.4) is 0 Å². The second kappa shape index (κ2) is 6.14. The van der Waals surface area contributed by atoms with E-state index in [1.807, 2.05) is 0 Å². The van der Waals surface area contributed by atoms with Crippen molar-refractivity contribution in [3.63, 3.8) is 0 Å². The lowest BCUT2D eigenvalue weighted by Crippen LogP contribution is -2.02. The van der Waals surface area contributed by atoms with E-state index in [0.717, 1.165) is 0 Å². The molecule has 0 atom stereocenters. The Morgan fingerprint density at radius 2 is 1.95 bits per heavy atom. The van der Waals surface area contributed by atoms with Crippen molar-refractivity contribution in [2.24, 2.45) is 0 Å². The number of anilines is 1. The SMILES string of the molecule is COc1ccc(F)c(NCc2cccc(OC)c2O)c1. The predicted molar refractivity (Wildman–Crippen MR) is 74.9 cm³/mol. The molecule has 0 saturated carbocycles. The summed E-state index contributed by atoms with van der Waals surface area (Å²) in [5.41, 5.74) is 0.929. The van der Waals surface area contributed by atoms with E-state index in [9.17, 15) is 9.50 Å². The van der Waals surface area contributed by atoms with Gasteiger partial charge in [0.25, 0.3) is 0 Å². The lowest BCUT2D eigenvalue weighted by Gasteiger charge is -2.12. The van der Waals surface area contributed by atoms with E-state index >= 15 is 0 Å². The number of ether oxygens (including phenoxy) is 2. The van der Waals surface area contributed by atoms with Gasteiger partial charge in [0.1, 0.15) is 11.6 Å². The number of aromatic hydroxyl groups is 1. The number of rotatable bonds is 5. The summed E-state index contributed by atoms with van der Waals surface area (Å²) in [6, 6.07) is 9.59. The number of hydrogen-bond acceptors (Lipinski definition) is 4. The van der Waals surface area contributed by atoms with Gasteiger partial charge in [-0.1, -0.05) is 12.1 Å². The molecular weight excluding hydrogens is 261 g/mol. The Bertz CT molecular complexity index is 600. The van der Waals surface area contributed by atoms with Crippen molar-refractivity contribution in [3.8, 4) is 17.2 Å². The minimum Gasteiger partial charge on any atom is -0.504 e. The standard InChI is InChI=1S/C15H16FNO3/c1-19-11-6-7-12(16)13(8-11)17-9-10-4-3-5-14(20-2)15(10)18/h3-8,17-18H,9H2,1-2H3. The molecule has 0 unspecified atom stereocenters. The Hall–Kier alpha value is -2.43. The highest BCUT2D eigenvalue weighted by Crippen LogP contribution is 2.30. The maximum atomic E-state index is 13.6. The molecule has 0 saturated heterocycles. The largest absolute Gasteiger partial charge is 0.504 e. The van der Waals surface area contributed by atoms with Crippen molar-refractivity contribution in [1.82, 2.24) is 0 Å². The highest BCUT2D eigenvalue weighted by molar-refractivity contribution is 5.52. The molecule has 20 heavy (non-hydrogen) atoms. The molecule has 2 aromatic rings. The summed E-state index contributed by atoms with van der Waals surface area (Å²) in [4.78, 5) is 0. The van der Waals surface area contributed by atoms with Crippen LogP contribution in [0.5, 0.6) is 17.2 Å². The summed E-state index contributed by atoms with van der Waals surface area (Å²) in [6.07, 6.45) is 0. The van der Waals surface area contributed by atoms with E-state index in [1.165, 1.54) is 20.3 Å². The zero-order chi connectivity index (χ0) is 14.5. The van der Waals surface area contributed by atoms with Gasteiger partial charge < -0.3 is 19.9 Å². The van der Waals surface area contributed by atoms with Crippen molar-refractivity contribution >= 4 is 5.69 Å². The van der Waals surface area contributed by atoms with Crippen molar-refractivity contribution in [2.75, 3.05) is 19.5 Å². The lowest BCUT2D eigenvalue weighted by atomic mass is 10.1. The molecule has 0 heterocycles. The van der Waals surface area contributed by atoms with Crippen LogP contribution in [0, 0.1) is 5.82 Å². The molecular formula is C15H16FNO3. The first kappa shape index (κ1) is 14.0. The Balaban J connectivity index is 2.16. The normalized spacial score (nSPS) is 10.2. The smallest absolute Gasteiger partial charge is 0.162 e. The summed E-state index contributed by atoms with van der Waals surface area (Å²) in [5, 5.41) is 12.9. The molecule has 0 aliphatic rings. The van der Waals surface area contributed by atoms with E-state index < -0.39 is 0 Å². The van der Waals surface area contributed by atoms with E-state index in [2.05, 4.69) is 5.32 Å². The topological polar surface area (TPSA) is 50.7 Å². The molecule has 0 aliphatic carbocycles. The molecule has 0 radical (unpaired) electrons. The van der Waals surface area contributed by atoms with Crippen LogP contribution in [0.4, 0.5) is 10.1 Å². The molecule has 0 fully saturated rings. The van der Waals surface area contributed by atoms with Gasteiger partial charge in [-0.25, -0.2) is 4.39 Å². The Labute approximate surface area is 116 Å². The summed E-state index contributed by atoms with van der Waals surface area (Å²) < 4.78 is 23.7. The highest BCUT2D eigenvalue weighted by Gasteiger charge is 2.09. The van der Waals surface area contributed by atoms with E-state index in [1.54, 1.807) is 30.3 Å². The predicted octanol–water partition coefficient (Wildman–Crippen LogP) is 3.16. The number of nitrogens with one attached hydrogen (secondary N) is 1. The molecule has 106 valence electrons. The van der Waals surface area contributed by atoms with Gasteiger partial charge in [0.05, 0.1) is 19.9 Å². The minimum absolute atomic E-state index is 0.0470. The molecule has 0 aromatic heterocycles. The van der Waals surface area contributed by atoms with E-state index in [0.29, 0.717) is 22.7 Å². The first-order valence-corrected chi connectivity index (χ1v) is 6.08. The van der Waals surface area contributed by atoms with Crippen molar-refractivity contribution < 1.29 is 19.0 Å². The van der Waals surface area contributed by atoms with Crippen molar-refractivity contribution in [3.05, 3.63) is 47.8 Å². The molecule has 0 bridgehead atoms. The quantitative estimate of drug-likeness (QED) is 0.881. The fraction of sp³-hybridized carbons (Fsp3) is 0.200. The average Bonchev–Trinajstić information content (AvgIpc) is 2.47. The van der Waals surface area contributed by atoms with Crippen LogP contribution in [0.25, 0.3) is 0 Å². The summed E-state index contributed by atoms with van der Waals surface area (Å²) in [5.74, 6) is 0.609. The zero-order valence-electron chi connectivity index (χ0n) is 11.3. The molecule has 0 aliphatic heterocycles. The Kier molecular flexibility index (Phi) is 4.30. The van der Waals surface area contributed by atoms with Gasteiger partial charge in [-0.2, -0.15) is 0 Å². The molecule has 2 aromatic carbocycles. The van der Waals surface area contributed by atoms with Crippen LogP contribution >= 0.6 is 0 Å². The summed E-state index contributed by atoms with van der Waals surface area (Å²) in [6.45, 7) is 0.271. The van der Waals surface area contributed by atoms with Gasteiger partial charge in [0, 0.05) is 18.2 Å². The fourth-order valence-electron chi connectivity index (χ4n) is 1.83. The molecule has 2 rings (SSSR count). The van der Waals surface area contributed by atoms with Gasteiger partial charge in [0.2, 0.25) is 0 Å². The first-order chi connectivity index (χ1) is 9.65. The second-order valence-electron chi connectivity index (χ2n) is 4.17. The van der Waals surface area contributed by atoms with Crippen LogP contribution in [0.2, 0.25) is 0 Å². The maximum absolute atomic E-state index is 13.6. The van der Waals surface area contributed by atoms with Gasteiger partial charge in [-0.05, 0) is 18.2 Å². The molecule has 4 nitrogen and oxygen atoms in total. The van der Waals surface area contributed by atoms with Crippen LogP contribution < -0.4 is 14.8 Å². The van der Waals surface area contributed by atoms with E-state index in [4.69, 9.17) is 9.47 Å². The number of phenolic OH excluding ortho intramolecular Hbond substituents is 1. The van der Waals surface area contributed by atoms with Gasteiger partial charge >= 0.3 is 0 Å². The van der Waals surface area contributed by atoms with Gasteiger partial charge in [0.15, 0.2) is 11.5 Å². The monoisotopic (exact) mass is 277 g/mol. The van der Waals surface area contributed by atoms with Crippen LogP contribution in [-0.2, 0) is 6.54 Å². The first-order valence-electron chi connectivity index (χ1n) is 6.08. The number of phenols is 1. The third-order valence-electron chi connectivity index (χ3n) is 2.95. The zero-order valence-corrected chi connectivity index (χ0v) is 11.3. The third kappa shape index (κ3) is 2.93. The average molecular weight is 277 g/mol. The van der Waals surface area contributed by atoms with Gasteiger partial charge in [-0.15, -0.1) is 0 Å². The molecule has 2 N–H and O–H groups in total. The minimum atomic E-state index is -0.381. The number of hydrogen-bond donors (Lipinski definition) is 2.